The van der Waals surface area contributed by atoms with E-state index < -0.39 is 61.3 Å². The maximum absolute atomic E-state index is 13.2. The molecule has 0 spiro atoms. The summed E-state index contributed by atoms with van der Waals surface area (Å²) in [7, 11) is 5.98. The van der Waals surface area contributed by atoms with Crippen molar-refractivity contribution in [3.63, 3.8) is 0 Å². The van der Waals surface area contributed by atoms with Gasteiger partial charge in [0.05, 0.1) is 5.76 Å². The highest BCUT2D eigenvalue weighted by Gasteiger charge is 2.32. The van der Waals surface area contributed by atoms with Gasteiger partial charge in [0.2, 0.25) is 0 Å². The molecule has 0 aliphatic carbocycles. The number of carbonyl (C=O) groups is 6. The number of hydrogen-bond donors (Lipinski definition) is 0. The van der Waals surface area contributed by atoms with Crippen LogP contribution in [0.2, 0.25) is 0 Å². The number of likely N-dealkylation sites (N-methyl/N-ethyl adjacent to an activating group) is 3. The van der Waals surface area contributed by atoms with Gasteiger partial charge in [-0.15, -0.1) is 6.58 Å². The zero-order valence-electron chi connectivity index (χ0n) is 64.5. The number of aryl methyl sites for hydroxylation is 2. The summed E-state index contributed by atoms with van der Waals surface area (Å²) >= 11 is 0. The summed E-state index contributed by atoms with van der Waals surface area (Å²) in [5.41, 5.74) is 3.93. The lowest BCUT2D eigenvalue weighted by Gasteiger charge is -2.25. The van der Waals surface area contributed by atoms with Crippen molar-refractivity contribution in [2.75, 3.05) is 47.9 Å². The first kappa shape index (κ1) is 96.8. The number of nitrogens with zero attached hydrogens (tertiary/aromatic N) is 3. The lowest BCUT2D eigenvalue weighted by molar-refractivity contribution is -0.164. The molecule has 0 aliphatic rings. The molecule has 0 saturated carbocycles. The predicted octanol–water partition coefficient (Wildman–Crippen LogP) is 18.6. The van der Waals surface area contributed by atoms with Crippen LogP contribution in [-0.2, 0) is 60.6 Å². The normalized spacial score (nSPS) is 13.0. The molecule has 91 heavy (non-hydrogen) atoms. The van der Waals surface area contributed by atoms with E-state index in [1.807, 2.05) is 97.0 Å². The molecular formula is C78H143N3O10. The third-order valence-corrected chi connectivity index (χ3v) is 13.3. The summed E-state index contributed by atoms with van der Waals surface area (Å²) in [4.78, 5) is 80.0. The molecule has 0 N–H and O–H groups in total. The number of rotatable bonds is 30. The van der Waals surface area contributed by atoms with Crippen molar-refractivity contribution >= 4 is 35.4 Å². The Bertz CT molecular complexity index is 2120. The monoisotopic (exact) mass is 1280 g/mol. The van der Waals surface area contributed by atoms with E-state index in [9.17, 15) is 28.8 Å². The summed E-state index contributed by atoms with van der Waals surface area (Å²) in [5, 5.41) is 0. The minimum Gasteiger partial charge on any atom is -0.486 e. The van der Waals surface area contributed by atoms with E-state index in [0.29, 0.717) is 18.7 Å². The Morgan fingerprint density at radius 1 is 0.505 bits per heavy atom. The number of carbonyl (C=O) groups excluding carboxylic acids is 6. The van der Waals surface area contributed by atoms with Gasteiger partial charge in [-0.2, -0.15) is 0 Å². The Hall–Kier alpha value is -5.30. The summed E-state index contributed by atoms with van der Waals surface area (Å²) in [6, 6.07) is 15.3. The summed E-state index contributed by atoms with van der Waals surface area (Å²) < 4.78 is 21.6. The van der Waals surface area contributed by atoms with Gasteiger partial charge in [0.25, 0.3) is 17.7 Å². The van der Waals surface area contributed by atoms with Crippen LogP contribution in [-0.4, -0.2) is 122 Å². The number of amides is 3. The zero-order chi connectivity index (χ0) is 72.3. The van der Waals surface area contributed by atoms with Crippen LogP contribution in [0.1, 0.15) is 240 Å². The Balaban J connectivity index is -0.000000316. The average Bonchev–Trinajstić information content (AvgIpc) is 1.40. The first-order valence-electron chi connectivity index (χ1n) is 34.5. The molecule has 2 aromatic rings. The molecule has 0 bridgehead atoms. The number of ketones is 1. The Morgan fingerprint density at radius 2 is 0.846 bits per heavy atom. The van der Waals surface area contributed by atoms with Gasteiger partial charge < -0.3 is 33.6 Å². The van der Waals surface area contributed by atoms with Crippen molar-refractivity contribution in [2.24, 2.45) is 53.3 Å². The van der Waals surface area contributed by atoms with Crippen molar-refractivity contribution in [3.8, 4) is 0 Å². The van der Waals surface area contributed by atoms with Gasteiger partial charge in [-0.05, 0) is 99.0 Å². The van der Waals surface area contributed by atoms with E-state index in [2.05, 4.69) is 131 Å². The van der Waals surface area contributed by atoms with Crippen LogP contribution in [0.5, 0.6) is 0 Å². The maximum Gasteiger partial charge on any atom is 0.326 e. The van der Waals surface area contributed by atoms with E-state index in [4.69, 9.17) is 18.9 Å². The van der Waals surface area contributed by atoms with Gasteiger partial charge in [-0.25, -0.2) is 0 Å². The van der Waals surface area contributed by atoms with Crippen molar-refractivity contribution < 1.29 is 47.7 Å². The van der Waals surface area contributed by atoms with Crippen LogP contribution in [0.4, 0.5) is 0 Å². The van der Waals surface area contributed by atoms with Crippen LogP contribution in [0, 0.1) is 67.1 Å². The molecular weight excluding hydrogens is 1140 g/mol. The summed E-state index contributed by atoms with van der Waals surface area (Å²) in [6.45, 7) is 63.3. The topological polar surface area (TPSA) is 149 Å². The lowest BCUT2D eigenvalue weighted by atomic mass is 9.84. The zero-order valence-corrected chi connectivity index (χ0v) is 64.5. The molecule has 0 aromatic heterocycles. The Kier molecular flexibility index (Phi) is 62.2. The number of esters is 2. The first-order chi connectivity index (χ1) is 42.2. The van der Waals surface area contributed by atoms with Crippen LogP contribution in [0.3, 0.4) is 0 Å². The highest BCUT2D eigenvalue weighted by Crippen LogP contribution is 2.27. The first-order valence-corrected chi connectivity index (χ1v) is 34.5. The van der Waals surface area contributed by atoms with E-state index in [1.165, 1.54) is 71.6 Å². The molecule has 0 fully saturated rings. The third kappa shape index (κ3) is 57.1. The standard InChI is InChI=1S/C35H48N2O8.C14H30.C11H19NO2.4C4H10.C2H6/c1-22(2)25(5)33(40)29(18-27-14-10-23(3)11-15-27)45-32(39)21-36(7)34(41)26(6)44-31(38)20-37(8)35(42)30(43-9)19-28-16-12-24(4)13-17-28;1-6-9-14(10-12(4)7-2)11-13(5)8-3;1-6-8-12(5)11(13)10(4)14-9(3)7-2;4*1-4(2)3;1-2/h10-17,22,25-26,29-30H,18-21H2,1-9H3;12-14H,6-11H2,1-5H3;6,10H,1,3,7-8H2,2,4-5H3;4*4H,1-3H3;1-2H3. The third-order valence-electron chi connectivity index (χ3n) is 13.3. The molecule has 530 valence electrons. The number of hydrogen-bond acceptors (Lipinski definition) is 10. The van der Waals surface area contributed by atoms with Crippen LogP contribution < -0.4 is 0 Å². The smallest absolute Gasteiger partial charge is 0.326 e. The van der Waals surface area contributed by atoms with Crippen molar-refractivity contribution in [2.45, 2.75) is 269 Å². The fourth-order valence-corrected chi connectivity index (χ4v) is 7.74. The highest BCUT2D eigenvalue weighted by molar-refractivity contribution is 5.90. The van der Waals surface area contributed by atoms with E-state index in [1.54, 1.807) is 31.9 Å². The number of methoxy groups -OCH3 is 1. The minimum absolute atomic E-state index is 0.0550. The van der Waals surface area contributed by atoms with Crippen molar-refractivity contribution in [1.29, 1.82) is 0 Å². The summed E-state index contributed by atoms with van der Waals surface area (Å²) in [6.07, 6.45) is 7.85. The molecule has 0 heterocycles. The van der Waals surface area contributed by atoms with Crippen molar-refractivity contribution in [1.82, 2.24) is 14.7 Å². The molecule has 0 saturated heterocycles. The van der Waals surface area contributed by atoms with Crippen LogP contribution >= 0.6 is 0 Å². The van der Waals surface area contributed by atoms with Gasteiger partial charge in [0.1, 0.15) is 19.2 Å². The number of benzene rings is 2. The second kappa shape index (κ2) is 58.5. The maximum atomic E-state index is 13.2. The molecule has 13 heteroatoms. The van der Waals surface area contributed by atoms with Gasteiger partial charge in [0.15, 0.2) is 24.1 Å². The van der Waals surface area contributed by atoms with E-state index in [-0.39, 0.29) is 29.9 Å². The number of allylic oxidation sites excluding steroid dienone is 1. The number of ether oxygens (including phenoxy) is 4. The molecule has 7 atom stereocenters. The Morgan fingerprint density at radius 3 is 1.18 bits per heavy atom. The van der Waals surface area contributed by atoms with Crippen LogP contribution in [0.25, 0.3) is 0 Å². The lowest BCUT2D eigenvalue weighted by Crippen LogP contribution is -2.45. The SMILES string of the molecule is C=CCN(C)C(=O)C(C)OC(=C)CC.CC.CC(C)C.CC(C)C.CC(C)C.CC(C)C.CCCC(CC(C)CC)CC(C)CC.COC(Cc1ccc(C)cc1)C(=O)N(C)CC(=O)OC(C)C(=O)N(C)CC(=O)OC(Cc1ccc(C)cc1)C(=O)C(C)C(C)C. The Labute approximate surface area is 561 Å². The fourth-order valence-electron chi connectivity index (χ4n) is 7.74. The van der Waals surface area contributed by atoms with Gasteiger partial charge in [-0.3, -0.25) is 28.8 Å². The number of Topliss-reactive ketones (excluding diaryl/α,β-unsaturated/α-hetero) is 1. The van der Waals surface area contributed by atoms with Gasteiger partial charge >= 0.3 is 11.9 Å². The molecule has 13 nitrogen and oxygen atoms in total. The molecule has 2 aromatic carbocycles. The summed E-state index contributed by atoms with van der Waals surface area (Å²) in [5.74, 6) is 3.69. The predicted molar refractivity (Wildman–Crippen MR) is 388 cm³/mol. The van der Waals surface area contributed by atoms with E-state index >= 15 is 0 Å². The quantitative estimate of drug-likeness (QED) is 0.0420. The molecule has 0 radical (unpaired) electrons. The van der Waals surface area contributed by atoms with Gasteiger partial charge in [-0.1, -0.05) is 257 Å². The van der Waals surface area contributed by atoms with Crippen molar-refractivity contribution in [3.05, 3.63) is 95.8 Å². The van der Waals surface area contributed by atoms with Gasteiger partial charge in [0, 0.05) is 60.0 Å². The fraction of sp³-hybridized carbons (Fsp3) is 0.718. The second-order valence-corrected chi connectivity index (χ2v) is 27.3. The molecule has 7 unspecified atom stereocenters. The highest BCUT2D eigenvalue weighted by atomic mass is 16.6. The minimum atomic E-state index is -1.23. The molecule has 0 aliphatic heterocycles. The molecule has 2 rings (SSSR count). The molecule has 3 amide bonds. The largest absolute Gasteiger partial charge is 0.486 e. The second-order valence-electron chi connectivity index (χ2n) is 27.3. The van der Waals surface area contributed by atoms with E-state index in [0.717, 1.165) is 75.0 Å². The average molecular weight is 1280 g/mol. The van der Waals surface area contributed by atoms with Crippen LogP contribution in [0.15, 0.2) is 73.5 Å².